The van der Waals surface area contributed by atoms with Gasteiger partial charge in [-0.3, -0.25) is 14.9 Å². The second-order valence-corrected chi connectivity index (χ2v) is 11.7. The number of ketones is 1. The van der Waals surface area contributed by atoms with Gasteiger partial charge in [-0.05, 0) is 38.1 Å². The van der Waals surface area contributed by atoms with Crippen molar-refractivity contribution >= 4 is 44.3 Å². The number of carbonyl (C=O) groups is 1. The lowest BCUT2D eigenvalue weighted by atomic mass is 9.69. The molecule has 0 fully saturated rings. The van der Waals surface area contributed by atoms with Crippen LogP contribution in [0.5, 0.6) is 11.5 Å². The Balaban J connectivity index is 1.43. The number of nitro benzene ring substituents is 1. The summed E-state index contributed by atoms with van der Waals surface area (Å²) in [6.45, 7) is 4.47. The Labute approximate surface area is 246 Å². The van der Waals surface area contributed by atoms with Gasteiger partial charge in [-0.15, -0.1) is 0 Å². The van der Waals surface area contributed by atoms with E-state index in [1.54, 1.807) is 36.4 Å². The van der Waals surface area contributed by atoms with Crippen LogP contribution in [0.1, 0.15) is 46.8 Å². The average Bonchev–Trinajstić information content (AvgIpc) is 3.03. The zero-order chi connectivity index (χ0) is 29.5. The molecule has 43 heavy (non-hydrogen) atoms. The lowest BCUT2D eigenvalue weighted by Gasteiger charge is -2.47. The van der Waals surface area contributed by atoms with Crippen molar-refractivity contribution in [1.29, 1.82) is 0 Å². The third-order valence-electron chi connectivity index (χ3n) is 8.82. The van der Waals surface area contributed by atoms with Crippen molar-refractivity contribution in [3.63, 3.8) is 0 Å². The summed E-state index contributed by atoms with van der Waals surface area (Å²) in [4.78, 5) is 34.9. The van der Waals surface area contributed by atoms with E-state index in [-0.39, 0.29) is 28.2 Å². The van der Waals surface area contributed by atoms with Crippen LogP contribution in [0.2, 0.25) is 0 Å². The van der Waals surface area contributed by atoms with E-state index < -0.39 is 5.60 Å². The highest BCUT2D eigenvalue weighted by atomic mass is 16.6. The smallest absolute Gasteiger partial charge is 0.269 e. The maximum absolute atomic E-state index is 13.2. The summed E-state index contributed by atoms with van der Waals surface area (Å²) >= 11 is 0. The van der Waals surface area contributed by atoms with Crippen molar-refractivity contribution in [2.75, 3.05) is 6.61 Å². The molecular formula is C35H25N3O5. The molecule has 8 nitrogen and oxygen atoms in total. The molecule has 0 bridgehead atoms. The SMILES string of the molecule is CC1(C)Oc2c(c3nc4ccc(C(=O)c5ccccc5)cc4nc3c3ccccc23)[C@@H]2c3cc([N+](=O)[O-])ccc3OC[C@@H]21. The fourth-order valence-corrected chi connectivity index (χ4v) is 6.68. The second-order valence-electron chi connectivity index (χ2n) is 11.7. The number of rotatable bonds is 3. The molecule has 5 aromatic carbocycles. The van der Waals surface area contributed by atoms with Gasteiger partial charge in [0.1, 0.15) is 17.1 Å². The molecule has 0 unspecified atom stereocenters. The summed E-state index contributed by atoms with van der Waals surface area (Å²) in [5, 5.41) is 13.6. The van der Waals surface area contributed by atoms with E-state index in [4.69, 9.17) is 19.4 Å². The first-order valence-electron chi connectivity index (χ1n) is 14.2. The largest absolute Gasteiger partial charge is 0.493 e. The van der Waals surface area contributed by atoms with Crippen molar-refractivity contribution in [2.24, 2.45) is 5.92 Å². The van der Waals surface area contributed by atoms with Crippen LogP contribution in [0, 0.1) is 16.0 Å². The van der Waals surface area contributed by atoms with Crippen LogP contribution < -0.4 is 9.47 Å². The first kappa shape index (κ1) is 25.3. The lowest BCUT2D eigenvalue weighted by Crippen LogP contribution is -2.49. The first-order chi connectivity index (χ1) is 20.8. The Kier molecular flexibility index (Phi) is 5.34. The lowest BCUT2D eigenvalue weighted by molar-refractivity contribution is -0.385. The highest BCUT2D eigenvalue weighted by molar-refractivity contribution is 6.13. The molecule has 0 saturated heterocycles. The van der Waals surface area contributed by atoms with E-state index in [9.17, 15) is 14.9 Å². The molecule has 0 amide bonds. The summed E-state index contributed by atoms with van der Waals surface area (Å²) in [5.41, 5.74) is 4.71. The predicted molar refractivity (Wildman–Crippen MR) is 163 cm³/mol. The number of hydrogen-bond donors (Lipinski definition) is 0. The Morgan fingerprint density at radius 1 is 0.860 bits per heavy atom. The van der Waals surface area contributed by atoms with E-state index in [1.807, 2.05) is 62.4 Å². The number of hydrogen-bond acceptors (Lipinski definition) is 7. The number of ether oxygens (including phenoxy) is 2. The molecule has 0 saturated carbocycles. The molecule has 0 N–H and O–H groups in total. The van der Waals surface area contributed by atoms with Crippen LogP contribution in [0.3, 0.4) is 0 Å². The van der Waals surface area contributed by atoms with Gasteiger partial charge in [-0.2, -0.15) is 0 Å². The first-order valence-corrected chi connectivity index (χ1v) is 14.2. The molecule has 8 heteroatoms. The summed E-state index contributed by atoms with van der Waals surface area (Å²) in [6.07, 6.45) is 0. The molecular weight excluding hydrogens is 542 g/mol. The normalized spacial score (nSPS) is 18.3. The number of carbonyl (C=O) groups excluding carboxylic acids is 1. The Morgan fingerprint density at radius 2 is 1.60 bits per heavy atom. The number of nitro groups is 1. The number of non-ortho nitro benzene ring substituents is 1. The molecule has 2 aliphatic rings. The van der Waals surface area contributed by atoms with Gasteiger partial charge in [0.25, 0.3) is 5.69 Å². The standard InChI is InChI=1S/C35H25N3O5/c1-35(2)25-18-42-28-15-13-21(38(40)41)17-24(28)29(25)30-32-31(22-10-6-7-11-23(22)34(30)43-35)37-27-16-20(12-14-26(27)36-32)33(39)19-8-4-3-5-9-19/h3-17,25,29H,18H2,1-2H3/t25-,29+/m0/s1. The van der Waals surface area contributed by atoms with Gasteiger partial charge in [-0.1, -0.05) is 54.6 Å². The maximum Gasteiger partial charge on any atom is 0.269 e. The van der Waals surface area contributed by atoms with Gasteiger partial charge in [-0.25, -0.2) is 9.97 Å². The van der Waals surface area contributed by atoms with Crippen molar-refractivity contribution in [3.8, 4) is 11.5 Å². The van der Waals surface area contributed by atoms with Crippen molar-refractivity contribution in [3.05, 3.63) is 123 Å². The summed E-state index contributed by atoms with van der Waals surface area (Å²) in [5.74, 6) is 0.828. The monoisotopic (exact) mass is 567 g/mol. The summed E-state index contributed by atoms with van der Waals surface area (Å²) in [6, 6.07) is 27.3. The third-order valence-corrected chi connectivity index (χ3v) is 8.82. The summed E-state index contributed by atoms with van der Waals surface area (Å²) in [7, 11) is 0. The van der Waals surface area contributed by atoms with Gasteiger partial charge < -0.3 is 9.47 Å². The zero-order valence-electron chi connectivity index (χ0n) is 23.4. The molecule has 1 aromatic heterocycles. The third kappa shape index (κ3) is 3.79. The van der Waals surface area contributed by atoms with Crippen molar-refractivity contribution in [2.45, 2.75) is 25.4 Å². The Hall–Kier alpha value is -5.37. The van der Waals surface area contributed by atoms with Crippen LogP contribution in [-0.2, 0) is 0 Å². The van der Waals surface area contributed by atoms with Crippen molar-refractivity contribution < 1.29 is 19.2 Å². The average molecular weight is 568 g/mol. The molecule has 6 aromatic rings. The fraction of sp³-hybridized carbons (Fsp3) is 0.171. The molecule has 0 aliphatic carbocycles. The minimum Gasteiger partial charge on any atom is -0.493 e. The molecule has 2 aliphatic heterocycles. The van der Waals surface area contributed by atoms with Gasteiger partial charge in [0.15, 0.2) is 5.78 Å². The number of benzene rings is 5. The van der Waals surface area contributed by atoms with Crippen LogP contribution >= 0.6 is 0 Å². The highest BCUT2D eigenvalue weighted by Gasteiger charge is 2.50. The molecule has 210 valence electrons. The van der Waals surface area contributed by atoms with E-state index in [1.165, 1.54) is 6.07 Å². The number of nitrogens with zero attached hydrogens (tertiary/aromatic N) is 3. The Morgan fingerprint density at radius 3 is 2.40 bits per heavy atom. The van der Waals surface area contributed by atoms with Crippen molar-refractivity contribution in [1.82, 2.24) is 9.97 Å². The molecule has 2 atom stereocenters. The molecule has 3 heterocycles. The zero-order valence-corrected chi connectivity index (χ0v) is 23.4. The highest BCUT2D eigenvalue weighted by Crippen LogP contribution is 2.56. The van der Waals surface area contributed by atoms with Crippen LogP contribution in [0.4, 0.5) is 5.69 Å². The predicted octanol–water partition coefficient (Wildman–Crippen LogP) is 7.39. The molecule has 8 rings (SSSR count). The second kappa shape index (κ2) is 9.06. The van der Waals surface area contributed by atoms with Crippen LogP contribution in [0.15, 0.2) is 91.0 Å². The van der Waals surface area contributed by atoms with Gasteiger partial charge in [0.05, 0.1) is 33.6 Å². The van der Waals surface area contributed by atoms with Gasteiger partial charge in [0, 0.05) is 57.0 Å². The molecule has 0 radical (unpaired) electrons. The van der Waals surface area contributed by atoms with Gasteiger partial charge in [0.2, 0.25) is 0 Å². The molecule has 0 spiro atoms. The van der Waals surface area contributed by atoms with Gasteiger partial charge >= 0.3 is 0 Å². The minimum atomic E-state index is -0.632. The Bertz CT molecular complexity index is 2160. The van der Waals surface area contributed by atoms with Crippen LogP contribution in [0.25, 0.3) is 32.8 Å². The van der Waals surface area contributed by atoms with E-state index >= 15 is 0 Å². The number of fused-ring (bicyclic) bond motifs is 11. The quantitative estimate of drug-likeness (QED) is 0.0722. The number of aromatic nitrogens is 2. The van der Waals surface area contributed by atoms with Crippen LogP contribution in [-0.4, -0.2) is 32.9 Å². The maximum atomic E-state index is 13.2. The van der Waals surface area contributed by atoms with E-state index in [0.717, 1.165) is 21.9 Å². The minimum absolute atomic E-state index is 0.00564. The van der Waals surface area contributed by atoms with E-state index in [0.29, 0.717) is 51.3 Å². The fourth-order valence-electron chi connectivity index (χ4n) is 6.68. The van der Waals surface area contributed by atoms with E-state index in [2.05, 4.69) is 0 Å². The topological polar surface area (TPSA) is 104 Å². The summed E-state index contributed by atoms with van der Waals surface area (Å²) < 4.78 is 12.9.